The fourth-order valence-corrected chi connectivity index (χ4v) is 3.07. The van der Waals surface area contributed by atoms with Gasteiger partial charge in [0.15, 0.2) is 0 Å². The topological polar surface area (TPSA) is 72.9 Å². The van der Waals surface area contributed by atoms with Crippen LogP contribution in [0.25, 0.3) is 6.08 Å². The number of hydrogen-bond acceptors (Lipinski definition) is 5. The van der Waals surface area contributed by atoms with E-state index in [1.165, 1.54) is 19.1 Å². The van der Waals surface area contributed by atoms with E-state index in [1.54, 1.807) is 37.3 Å². The molecule has 0 atom stereocenters. The van der Waals surface area contributed by atoms with E-state index >= 15 is 0 Å². The van der Waals surface area contributed by atoms with Crippen LogP contribution in [-0.4, -0.2) is 32.1 Å². The smallest absolute Gasteiger partial charge is 0.340 e. The molecule has 2 aromatic carbocycles. The van der Waals surface area contributed by atoms with Gasteiger partial charge in [-0.25, -0.2) is 9.59 Å². The SMILES string of the molecule is COC(=O)C1=C(C)N(c2ccc(C(=O)OC)cc2)C(=O)C1=Cc1ccccc1. The number of rotatable bonds is 4. The molecular weight excluding hydrogens is 358 g/mol. The van der Waals surface area contributed by atoms with Gasteiger partial charge in [-0.1, -0.05) is 30.3 Å². The van der Waals surface area contributed by atoms with Crippen LogP contribution < -0.4 is 4.90 Å². The van der Waals surface area contributed by atoms with Gasteiger partial charge < -0.3 is 9.47 Å². The molecule has 6 nitrogen and oxygen atoms in total. The molecule has 0 aromatic heterocycles. The summed E-state index contributed by atoms with van der Waals surface area (Å²) in [4.78, 5) is 38.6. The fraction of sp³-hybridized carbons (Fsp3) is 0.136. The number of methoxy groups -OCH3 is 2. The first kappa shape index (κ1) is 19.1. The Morgan fingerprint density at radius 3 is 2.07 bits per heavy atom. The predicted molar refractivity (Wildman–Crippen MR) is 104 cm³/mol. The summed E-state index contributed by atoms with van der Waals surface area (Å²) in [6.07, 6.45) is 1.67. The van der Waals surface area contributed by atoms with Crippen LogP contribution >= 0.6 is 0 Å². The second kappa shape index (κ2) is 7.92. The maximum atomic E-state index is 13.1. The third kappa shape index (κ3) is 3.44. The van der Waals surface area contributed by atoms with Crippen molar-refractivity contribution in [3.05, 3.63) is 82.6 Å². The number of benzene rings is 2. The Hall–Kier alpha value is -3.67. The summed E-state index contributed by atoms with van der Waals surface area (Å²) in [5.74, 6) is -1.39. The summed E-state index contributed by atoms with van der Waals surface area (Å²) in [7, 11) is 2.58. The normalized spacial score (nSPS) is 15.2. The molecule has 0 saturated carbocycles. The number of hydrogen-bond donors (Lipinski definition) is 0. The van der Waals surface area contributed by atoms with E-state index in [9.17, 15) is 14.4 Å². The molecule has 0 unspecified atom stereocenters. The van der Waals surface area contributed by atoms with Gasteiger partial charge in [0.1, 0.15) is 0 Å². The molecule has 1 aliphatic heterocycles. The average molecular weight is 377 g/mol. The molecule has 3 rings (SSSR count). The van der Waals surface area contributed by atoms with E-state index < -0.39 is 11.9 Å². The molecule has 0 N–H and O–H groups in total. The highest BCUT2D eigenvalue weighted by molar-refractivity contribution is 6.23. The number of anilines is 1. The molecule has 1 heterocycles. The Morgan fingerprint density at radius 2 is 1.50 bits per heavy atom. The number of amides is 1. The van der Waals surface area contributed by atoms with Crippen LogP contribution in [-0.2, 0) is 19.1 Å². The maximum absolute atomic E-state index is 13.1. The molecule has 0 bridgehead atoms. The molecule has 2 aromatic rings. The van der Waals surface area contributed by atoms with Crippen LogP contribution in [0.1, 0.15) is 22.8 Å². The number of carbonyl (C=O) groups excluding carboxylic acids is 3. The van der Waals surface area contributed by atoms with E-state index in [4.69, 9.17) is 9.47 Å². The monoisotopic (exact) mass is 377 g/mol. The van der Waals surface area contributed by atoms with Crippen LogP contribution in [0.5, 0.6) is 0 Å². The Bertz CT molecular complexity index is 987. The standard InChI is InChI=1S/C22H19NO5/c1-14-19(22(26)28-3)18(13-15-7-5-4-6-8-15)20(24)23(14)17-11-9-16(10-12-17)21(25)27-2/h4-13H,1-3H3. The second-order valence-electron chi connectivity index (χ2n) is 6.10. The lowest BCUT2D eigenvalue weighted by molar-refractivity contribution is -0.136. The molecule has 0 aliphatic carbocycles. The molecule has 0 radical (unpaired) electrons. The average Bonchev–Trinajstić information content (AvgIpc) is 2.97. The molecule has 0 saturated heterocycles. The highest BCUT2D eigenvalue weighted by Gasteiger charge is 2.37. The third-order valence-corrected chi connectivity index (χ3v) is 4.45. The lowest BCUT2D eigenvalue weighted by Crippen LogP contribution is -2.24. The summed E-state index contributed by atoms with van der Waals surface area (Å²) in [5, 5.41) is 0. The number of esters is 2. The van der Waals surface area contributed by atoms with Gasteiger partial charge in [0, 0.05) is 11.4 Å². The third-order valence-electron chi connectivity index (χ3n) is 4.45. The minimum absolute atomic E-state index is 0.216. The molecule has 0 spiro atoms. The van der Waals surface area contributed by atoms with Crippen molar-refractivity contribution in [1.82, 2.24) is 0 Å². The van der Waals surface area contributed by atoms with Crippen molar-refractivity contribution in [2.75, 3.05) is 19.1 Å². The summed E-state index contributed by atoms with van der Waals surface area (Å²) in [6, 6.07) is 15.7. The zero-order chi connectivity index (χ0) is 20.3. The van der Waals surface area contributed by atoms with Gasteiger partial charge in [-0.15, -0.1) is 0 Å². The van der Waals surface area contributed by atoms with Crippen LogP contribution in [0.3, 0.4) is 0 Å². The van der Waals surface area contributed by atoms with Gasteiger partial charge in [-0.2, -0.15) is 0 Å². The van der Waals surface area contributed by atoms with Crippen molar-refractivity contribution in [2.24, 2.45) is 0 Å². The Labute approximate surface area is 162 Å². The van der Waals surface area contributed by atoms with Crippen molar-refractivity contribution in [3.63, 3.8) is 0 Å². The summed E-state index contributed by atoms with van der Waals surface area (Å²) in [5.41, 5.74) is 2.63. The summed E-state index contributed by atoms with van der Waals surface area (Å²) < 4.78 is 9.58. The maximum Gasteiger partial charge on any atom is 0.340 e. The number of nitrogens with zero attached hydrogens (tertiary/aromatic N) is 1. The van der Waals surface area contributed by atoms with E-state index in [1.807, 2.05) is 30.3 Å². The number of allylic oxidation sites excluding steroid dienone is 1. The minimum Gasteiger partial charge on any atom is -0.465 e. The van der Waals surface area contributed by atoms with Gasteiger partial charge in [0.2, 0.25) is 0 Å². The molecule has 0 fully saturated rings. The first-order valence-corrected chi connectivity index (χ1v) is 8.57. The minimum atomic E-state index is -0.582. The van der Waals surface area contributed by atoms with Crippen molar-refractivity contribution in [2.45, 2.75) is 6.92 Å². The Morgan fingerprint density at radius 1 is 0.893 bits per heavy atom. The van der Waals surface area contributed by atoms with Crippen molar-refractivity contribution in [1.29, 1.82) is 0 Å². The van der Waals surface area contributed by atoms with Crippen LogP contribution in [0.4, 0.5) is 5.69 Å². The Kier molecular flexibility index (Phi) is 5.40. The summed E-state index contributed by atoms with van der Waals surface area (Å²) in [6.45, 7) is 1.68. The predicted octanol–water partition coefficient (Wildman–Crippen LogP) is 3.35. The number of carbonyl (C=O) groups is 3. The number of ether oxygens (including phenoxy) is 2. The summed E-state index contributed by atoms with van der Waals surface area (Å²) >= 11 is 0. The van der Waals surface area contributed by atoms with Gasteiger partial charge in [0.05, 0.1) is 30.9 Å². The molecular formula is C22H19NO5. The van der Waals surface area contributed by atoms with E-state index in [0.29, 0.717) is 16.9 Å². The van der Waals surface area contributed by atoms with Gasteiger partial charge in [0.25, 0.3) is 5.91 Å². The second-order valence-corrected chi connectivity index (χ2v) is 6.10. The largest absolute Gasteiger partial charge is 0.465 e. The van der Waals surface area contributed by atoms with Crippen LogP contribution in [0, 0.1) is 0 Å². The van der Waals surface area contributed by atoms with Crippen molar-refractivity contribution in [3.8, 4) is 0 Å². The van der Waals surface area contributed by atoms with E-state index in [0.717, 1.165) is 5.56 Å². The van der Waals surface area contributed by atoms with E-state index in [-0.39, 0.29) is 17.1 Å². The van der Waals surface area contributed by atoms with Crippen molar-refractivity contribution >= 4 is 29.6 Å². The highest BCUT2D eigenvalue weighted by Crippen LogP contribution is 2.35. The fourth-order valence-electron chi connectivity index (χ4n) is 3.07. The first-order chi connectivity index (χ1) is 13.5. The zero-order valence-corrected chi connectivity index (χ0v) is 15.8. The Balaban J connectivity index is 2.07. The van der Waals surface area contributed by atoms with Crippen LogP contribution in [0.15, 0.2) is 71.4 Å². The van der Waals surface area contributed by atoms with Gasteiger partial charge in [-0.05, 0) is 42.8 Å². The molecule has 28 heavy (non-hydrogen) atoms. The molecule has 1 amide bonds. The lowest BCUT2D eigenvalue weighted by atomic mass is 10.0. The molecule has 142 valence electrons. The van der Waals surface area contributed by atoms with Crippen molar-refractivity contribution < 1.29 is 23.9 Å². The lowest BCUT2D eigenvalue weighted by Gasteiger charge is -2.18. The van der Waals surface area contributed by atoms with E-state index in [2.05, 4.69) is 0 Å². The molecule has 1 aliphatic rings. The van der Waals surface area contributed by atoms with Crippen LogP contribution in [0.2, 0.25) is 0 Å². The molecule has 6 heteroatoms. The quantitative estimate of drug-likeness (QED) is 0.603. The highest BCUT2D eigenvalue weighted by atomic mass is 16.5. The van der Waals surface area contributed by atoms with Gasteiger partial charge in [-0.3, -0.25) is 9.69 Å². The van der Waals surface area contributed by atoms with Gasteiger partial charge >= 0.3 is 11.9 Å². The zero-order valence-electron chi connectivity index (χ0n) is 15.8. The first-order valence-electron chi connectivity index (χ1n) is 8.57.